The first-order chi connectivity index (χ1) is 9.74. The van der Waals surface area contributed by atoms with Crippen molar-refractivity contribution in [3.63, 3.8) is 0 Å². The van der Waals surface area contributed by atoms with E-state index in [9.17, 15) is 13.2 Å². The molecule has 2 aromatic rings. The van der Waals surface area contributed by atoms with Crippen molar-refractivity contribution < 1.29 is 22.6 Å². The predicted molar refractivity (Wildman–Crippen MR) is 73.0 cm³/mol. The molecule has 0 aliphatic carbocycles. The maximum absolute atomic E-state index is 12.1. The fourth-order valence-corrected chi connectivity index (χ4v) is 2.00. The Kier molecular flexibility index (Phi) is 4.80. The summed E-state index contributed by atoms with van der Waals surface area (Å²) in [6.07, 6.45) is -4.78. The lowest BCUT2D eigenvalue weighted by Crippen LogP contribution is -2.17. The van der Waals surface area contributed by atoms with Crippen molar-refractivity contribution in [3.05, 3.63) is 39.0 Å². The van der Waals surface area contributed by atoms with Crippen LogP contribution >= 0.6 is 39.1 Å². The Morgan fingerprint density at radius 3 is 2.38 bits per heavy atom. The first-order valence-corrected chi connectivity index (χ1v) is 6.71. The Bertz CT molecular complexity index is 670. The van der Waals surface area contributed by atoms with Crippen LogP contribution in [0.25, 0.3) is 0 Å². The minimum Gasteiger partial charge on any atom is -0.454 e. The molecule has 1 aromatic carbocycles. The van der Waals surface area contributed by atoms with Crippen LogP contribution in [0.5, 0.6) is 17.2 Å². The molecule has 0 fully saturated rings. The largest absolute Gasteiger partial charge is 0.573 e. The van der Waals surface area contributed by atoms with E-state index < -0.39 is 12.1 Å². The highest BCUT2D eigenvalue weighted by Crippen LogP contribution is 2.36. The Labute approximate surface area is 134 Å². The smallest absolute Gasteiger partial charge is 0.454 e. The highest BCUT2D eigenvalue weighted by atomic mass is 79.9. The highest BCUT2D eigenvalue weighted by molar-refractivity contribution is 9.10. The van der Waals surface area contributed by atoms with Crippen LogP contribution in [0, 0.1) is 0 Å². The van der Waals surface area contributed by atoms with Gasteiger partial charge in [-0.2, -0.15) is 0 Å². The van der Waals surface area contributed by atoms with Crippen molar-refractivity contribution in [1.82, 2.24) is 10.2 Å². The summed E-state index contributed by atoms with van der Waals surface area (Å²) in [5.74, 6) is -0.0674. The highest BCUT2D eigenvalue weighted by Gasteiger charge is 2.32. The van der Waals surface area contributed by atoms with Crippen LogP contribution in [0.4, 0.5) is 13.2 Å². The number of ether oxygens (including phenoxy) is 2. The van der Waals surface area contributed by atoms with Crippen LogP contribution in [0.1, 0.15) is 0 Å². The van der Waals surface area contributed by atoms with Gasteiger partial charge in [-0.25, -0.2) is 0 Å². The summed E-state index contributed by atoms with van der Waals surface area (Å²) in [5.41, 5.74) is 0. The van der Waals surface area contributed by atoms with Crippen LogP contribution in [0.15, 0.2) is 28.7 Å². The average Bonchev–Trinajstić information content (AvgIpc) is 2.36. The van der Waals surface area contributed by atoms with Gasteiger partial charge < -0.3 is 9.47 Å². The summed E-state index contributed by atoms with van der Waals surface area (Å²) >= 11 is 14.4. The zero-order valence-electron chi connectivity index (χ0n) is 9.79. The summed E-state index contributed by atoms with van der Waals surface area (Å²) in [6.45, 7) is 0. The SMILES string of the molecule is FC(F)(F)Oc1ccc(Oc2cc(Cl)nnc2Cl)cc1Br. The first-order valence-electron chi connectivity index (χ1n) is 5.16. The number of benzene rings is 1. The van der Waals surface area contributed by atoms with Crippen molar-refractivity contribution in [2.45, 2.75) is 6.36 Å². The second-order valence-corrected chi connectivity index (χ2v) is 5.16. The molecular weight excluding hydrogens is 400 g/mol. The summed E-state index contributed by atoms with van der Waals surface area (Å²) in [7, 11) is 0. The van der Waals surface area contributed by atoms with E-state index in [0.717, 1.165) is 6.07 Å². The Hall–Kier alpha value is -1.25. The van der Waals surface area contributed by atoms with Crippen molar-refractivity contribution in [3.8, 4) is 17.2 Å². The molecule has 0 spiro atoms. The fourth-order valence-electron chi connectivity index (χ4n) is 1.29. The number of rotatable bonds is 3. The molecule has 1 heterocycles. The molecule has 0 atom stereocenters. The monoisotopic (exact) mass is 402 g/mol. The van der Waals surface area contributed by atoms with E-state index in [1.807, 2.05) is 0 Å². The summed E-state index contributed by atoms with van der Waals surface area (Å²) < 4.78 is 45.7. The van der Waals surface area contributed by atoms with Crippen LogP contribution in [-0.2, 0) is 0 Å². The molecule has 2 rings (SSSR count). The lowest BCUT2D eigenvalue weighted by Gasteiger charge is -2.12. The van der Waals surface area contributed by atoms with Crippen molar-refractivity contribution >= 4 is 39.1 Å². The number of aromatic nitrogens is 2. The number of nitrogens with zero attached hydrogens (tertiary/aromatic N) is 2. The van der Waals surface area contributed by atoms with Gasteiger partial charge >= 0.3 is 6.36 Å². The molecule has 0 N–H and O–H groups in total. The van der Waals surface area contributed by atoms with Crippen LogP contribution in [-0.4, -0.2) is 16.6 Å². The van der Waals surface area contributed by atoms with Gasteiger partial charge in [-0.15, -0.1) is 23.4 Å². The second kappa shape index (κ2) is 6.25. The maximum Gasteiger partial charge on any atom is 0.573 e. The molecule has 10 heteroatoms. The molecular formula is C11H4BrCl2F3N2O2. The van der Waals surface area contributed by atoms with E-state index >= 15 is 0 Å². The topological polar surface area (TPSA) is 44.2 Å². The Morgan fingerprint density at radius 2 is 1.76 bits per heavy atom. The van der Waals surface area contributed by atoms with Crippen molar-refractivity contribution in [1.29, 1.82) is 0 Å². The lowest BCUT2D eigenvalue weighted by molar-refractivity contribution is -0.274. The van der Waals surface area contributed by atoms with Crippen molar-refractivity contribution in [2.75, 3.05) is 0 Å². The van der Waals surface area contributed by atoms with E-state index in [4.69, 9.17) is 27.9 Å². The second-order valence-electron chi connectivity index (χ2n) is 3.56. The molecule has 21 heavy (non-hydrogen) atoms. The predicted octanol–water partition coefficient (Wildman–Crippen LogP) is 5.24. The van der Waals surface area contributed by atoms with E-state index in [2.05, 4.69) is 30.9 Å². The van der Waals surface area contributed by atoms with Crippen molar-refractivity contribution in [2.24, 2.45) is 0 Å². The van der Waals surface area contributed by atoms with Crippen LogP contribution < -0.4 is 9.47 Å². The normalized spacial score (nSPS) is 11.3. The number of alkyl halides is 3. The first kappa shape index (κ1) is 16.1. The molecule has 0 saturated heterocycles. The molecule has 112 valence electrons. The van der Waals surface area contributed by atoms with Gasteiger partial charge in [0, 0.05) is 6.07 Å². The number of hydrogen-bond donors (Lipinski definition) is 0. The molecule has 1 aromatic heterocycles. The fraction of sp³-hybridized carbons (Fsp3) is 0.0909. The third-order valence-corrected chi connectivity index (χ3v) is 3.11. The molecule has 0 saturated carbocycles. The maximum atomic E-state index is 12.1. The van der Waals surface area contributed by atoms with Gasteiger partial charge in [0.1, 0.15) is 11.5 Å². The molecule has 0 amide bonds. The molecule has 0 unspecified atom stereocenters. The summed E-state index contributed by atoms with van der Waals surface area (Å²) in [6, 6.07) is 4.98. The number of halogens is 6. The lowest BCUT2D eigenvalue weighted by atomic mass is 10.3. The van der Waals surface area contributed by atoms with E-state index in [1.54, 1.807) is 0 Å². The zero-order valence-corrected chi connectivity index (χ0v) is 12.9. The van der Waals surface area contributed by atoms with E-state index in [0.29, 0.717) is 0 Å². The Morgan fingerprint density at radius 1 is 1.05 bits per heavy atom. The van der Waals surface area contributed by atoms with Gasteiger partial charge in [0.25, 0.3) is 0 Å². The zero-order chi connectivity index (χ0) is 15.6. The van der Waals surface area contributed by atoms with Gasteiger partial charge in [0.15, 0.2) is 16.1 Å². The molecule has 0 radical (unpaired) electrons. The summed E-state index contributed by atoms with van der Waals surface area (Å²) in [4.78, 5) is 0. The summed E-state index contributed by atoms with van der Waals surface area (Å²) in [5, 5.41) is 7.06. The minimum absolute atomic E-state index is 0.0360. The van der Waals surface area contributed by atoms with Crippen LogP contribution in [0.2, 0.25) is 10.3 Å². The van der Waals surface area contributed by atoms with Crippen LogP contribution in [0.3, 0.4) is 0 Å². The minimum atomic E-state index is -4.78. The van der Waals surface area contributed by atoms with Gasteiger partial charge in [0.2, 0.25) is 0 Å². The number of hydrogen-bond acceptors (Lipinski definition) is 4. The Balaban J connectivity index is 2.22. The third-order valence-electron chi connectivity index (χ3n) is 2.04. The van der Waals surface area contributed by atoms with Gasteiger partial charge in [-0.05, 0) is 34.1 Å². The third kappa shape index (κ3) is 4.62. The van der Waals surface area contributed by atoms with Gasteiger partial charge in [-0.3, -0.25) is 0 Å². The quantitative estimate of drug-likeness (QED) is 0.703. The van der Waals surface area contributed by atoms with E-state index in [1.165, 1.54) is 18.2 Å². The molecule has 4 nitrogen and oxygen atoms in total. The average molecular weight is 404 g/mol. The molecule has 0 aliphatic heterocycles. The van der Waals surface area contributed by atoms with E-state index in [-0.39, 0.29) is 26.3 Å². The molecule has 0 aliphatic rings. The van der Waals surface area contributed by atoms with Gasteiger partial charge in [-0.1, -0.05) is 23.2 Å². The standard InChI is InChI=1S/C11H4BrCl2F3N2O2/c12-6-3-5(1-2-7(6)21-11(15,16)17)20-8-4-9(13)18-19-10(8)14/h1-4H. The molecule has 0 bridgehead atoms. The van der Waals surface area contributed by atoms with Gasteiger partial charge in [0.05, 0.1) is 4.47 Å².